The van der Waals surface area contributed by atoms with Gasteiger partial charge in [0.2, 0.25) is 0 Å². The van der Waals surface area contributed by atoms with Crippen LogP contribution in [0.15, 0.2) is 0 Å². The minimum absolute atomic E-state index is 0. The third kappa shape index (κ3) is 2550. The number of nitrogens with zero attached hydrogens (tertiary/aromatic N) is 1. The Balaban J connectivity index is -0.00000000195. The molecule has 0 aromatic heterocycles. The maximum absolute atomic E-state index is 9.44. The van der Waals surface area contributed by atoms with Gasteiger partial charge in [0, 0.05) is 21.1 Å². The summed E-state index contributed by atoms with van der Waals surface area (Å²) in [5, 5.41) is 0. The van der Waals surface area contributed by atoms with Gasteiger partial charge < -0.3 is 53.8 Å². The smallest absolute Gasteiger partial charge is 0.545 e. The molecule has 0 N–H and O–H groups in total. The fourth-order valence-corrected chi connectivity index (χ4v) is 0. The summed E-state index contributed by atoms with van der Waals surface area (Å²) in [5.74, 6) is 0.167. The second kappa shape index (κ2) is 335. The van der Waals surface area contributed by atoms with Gasteiger partial charge in [0.25, 0.3) is 0 Å². The number of amides is 1. The van der Waals surface area contributed by atoms with Gasteiger partial charge in [0.1, 0.15) is 5.78 Å². The quantitative estimate of drug-likeness (QED) is 0.155. The van der Waals surface area contributed by atoms with E-state index in [1.165, 1.54) is 32.0 Å². The summed E-state index contributed by atoms with van der Waals surface area (Å²) in [6.07, 6.45) is 3.11. The first-order valence-electron chi connectivity index (χ1n) is 3.47. The van der Waals surface area contributed by atoms with Crippen LogP contribution in [0.1, 0.15) is 87.6 Å². The molecule has 0 rings (SSSR count). The van der Waals surface area contributed by atoms with Gasteiger partial charge in [-0.05, 0) is 27.9 Å². The van der Waals surface area contributed by atoms with Crippen molar-refractivity contribution in [3.63, 3.8) is 0 Å². The molecule has 0 aliphatic carbocycles. The fraction of sp³-hybridized carbons (Fsp3) is 0.636. The Bertz CT molecular complexity index is 153. The van der Waals surface area contributed by atoms with Gasteiger partial charge in [-0.1, -0.05) is 66.8 Å². The number of ketones is 1. The average Bonchev–Trinajstić information content (AvgIpc) is 2.08. The van der Waals surface area contributed by atoms with Crippen molar-refractivity contribution in [3.8, 4) is 0 Å². The standard InChI is InChI=1S/C3H6NO.C3H6O.C2H3O.CHO.9CH4.4CH3.4W/c1-4(2)3-5;1-3(2)4;1-2-3;1-2;;;;;;;;;;;;;;;;;/h1-2H3;1-2H3;1H3;1H;9*1H4;4*1H3;;;;/q-1;;2*-1;;;;;;;;;;4*-1;;3*+2. The van der Waals surface area contributed by atoms with Gasteiger partial charge in [-0.25, -0.2) is 0 Å². The van der Waals surface area contributed by atoms with E-state index < -0.39 is 0 Å². The van der Waals surface area contributed by atoms with Crippen LogP contribution in [0.25, 0.3) is 0 Å². The maximum Gasteiger partial charge on any atom is 2.00 e. The zero-order valence-corrected chi connectivity index (χ0v) is 26.5. The first-order valence-corrected chi connectivity index (χ1v) is 3.47. The monoisotopic (exact) mass is 1140 g/mol. The number of carbonyl (C=O) groups excluding carboxylic acids is 4. The summed E-state index contributed by atoms with van der Waals surface area (Å²) in [4.78, 5) is 36.5. The average molecular weight is 1140 g/mol. The number of carbonyl (C=O) groups is 1. The van der Waals surface area contributed by atoms with Crippen molar-refractivity contribution >= 4 is 25.3 Å². The normalized spacial score (nSPS) is 2.48. The predicted molar refractivity (Wildman–Crippen MR) is 140 cm³/mol. The van der Waals surface area contributed by atoms with Gasteiger partial charge in [-0.3, -0.25) is 13.1 Å². The molecule has 0 fully saturated rings. The van der Waals surface area contributed by atoms with Crippen molar-refractivity contribution in [2.75, 3.05) is 14.1 Å². The molecule has 0 aliphatic heterocycles. The van der Waals surface area contributed by atoms with Crippen molar-refractivity contribution in [3.05, 3.63) is 29.7 Å². The van der Waals surface area contributed by atoms with Crippen LogP contribution in [0.4, 0.5) is 0 Å². The van der Waals surface area contributed by atoms with E-state index in [0.29, 0.717) is 0 Å². The van der Waals surface area contributed by atoms with E-state index in [9.17, 15) is 9.59 Å². The third-order valence-corrected chi connectivity index (χ3v) is 0.183. The molecule has 0 aliphatic rings. The van der Waals surface area contributed by atoms with E-state index in [2.05, 4.69) is 6.79 Å². The first kappa shape index (κ1) is 249. The summed E-state index contributed by atoms with van der Waals surface area (Å²) in [6.45, 7) is 7.62. The minimum Gasteiger partial charge on any atom is -0.545 e. The molecule has 1 amide bonds. The number of rotatable bonds is 1. The zero-order valence-electron chi connectivity index (χ0n) is 14.8. The van der Waals surface area contributed by atoms with Gasteiger partial charge in [-0.2, -0.15) is 13.3 Å². The summed E-state index contributed by atoms with van der Waals surface area (Å²) in [6, 6.07) is 0. The molecule has 0 bridgehead atoms. The Kier molecular flexibility index (Phi) is 2690. The fourth-order valence-electron chi connectivity index (χ4n) is 0. The number of hydrogen-bond donors (Lipinski definition) is 0. The molecule has 0 unspecified atom stereocenters. The summed E-state index contributed by atoms with van der Waals surface area (Å²) in [5.41, 5.74) is 0. The second-order valence-electron chi connectivity index (χ2n) is 2.10. The molecule has 5 nitrogen and oxygen atoms in total. The van der Waals surface area contributed by atoms with Crippen molar-refractivity contribution in [2.24, 2.45) is 0 Å². The van der Waals surface area contributed by atoms with Gasteiger partial charge in [-0.15, -0.1) is 0 Å². The van der Waals surface area contributed by atoms with Crippen LogP contribution in [0.3, 0.4) is 0 Å². The molecule has 206 valence electrons. The maximum atomic E-state index is 9.44. The molecule has 31 heavy (non-hydrogen) atoms. The van der Waals surface area contributed by atoms with Crippen molar-refractivity contribution in [1.82, 2.24) is 4.90 Å². The Labute approximate surface area is 262 Å². The van der Waals surface area contributed by atoms with Gasteiger partial charge >= 0.3 is 63.2 Å². The third-order valence-electron chi connectivity index (χ3n) is 0.183. The molecule has 9 heteroatoms. The topological polar surface area (TPSA) is 71.5 Å². The molecule has 0 atom stereocenters. The molecule has 0 aromatic carbocycles. The predicted octanol–water partition coefficient (Wildman–Crippen LogP) is 7.57. The Morgan fingerprint density at radius 2 is 0.677 bits per heavy atom. The van der Waals surface area contributed by atoms with Crippen LogP contribution in [0, 0.1) is 29.7 Å². The second-order valence-corrected chi connectivity index (χ2v) is 2.10. The molecule has 0 spiro atoms. The summed E-state index contributed by atoms with van der Waals surface area (Å²) >= 11 is 0. The number of hydrogen-bond acceptors (Lipinski definition) is 4. The van der Waals surface area contributed by atoms with Gasteiger partial charge in [0.05, 0.1) is 0 Å². The van der Waals surface area contributed by atoms with Crippen LogP contribution >= 0.6 is 0 Å². The van der Waals surface area contributed by atoms with Crippen LogP contribution in [0.5, 0.6) is 0 Å². The van der Waals surface area contributed by atoms with Crippen LogP contribution in [-0.4, -0.2) is 44.3 Å². The summed E-state index contributed by atoms with van der Waals surface area (Å²) in [7, 11) is 3.26. The van der Waals surface area contributed by atoms with Crippen LogP contribution in [0.2, 0.25) is 0 Å². The minimum atomic E-state index is 0. The van der Waals surface area contributed by atoms with E-state index in [1.807, 2.05) is 0 Å². The molecule has 0 saturated heterocycles. The largest absolute Gasteiger partial charge is 2.00 e. The molecule has 0 heterocycles. The van der Waals surface area contributed by atoms with E-state index in [-0.39, 0.29) is 187 Å². The van der Waals surface area contributed by atoms with E-state index in [0.717, 1.165) is 0 Å². The van der Waals surface area contributed by atoms with E-state index >= 15 is 0 Å². The van der Waals surface area contributed by atoms with Crippen LogP contribution in [-0.2, 0) is 103 Å². The summed E-state index contributed by atoms with van der Waals surface area (Å²) < 4.78 is 0. The van der Waals surface area contributed by atoms with Gasteiger partial charge in [0.15, 0.2) is 0 Å². The van der Waals surface area contributed by atoms with Crippen LogP contribution < -0.4 is 0 Å². The van der Waals surface area contributed by atoms with E-state index in [1.54, 1.807) is 20.5 Å². The Hall–Kier alpha value is 1.23. The zero-order chi connectivity index (χ0) is 12.6. The molecule has 0 aromatic rings. The SMILES string of the molecule is C.C.C.C.C.C.C.C.C.CC(C)=O.CN(C)[C-]=O.C[C-]=O.[CH-]=O.[CH3-].[CH3-].[CH3-].[CH3-].[W+2].[W+2].[W+2].[W]. The van der Waals surface area contributed by atoms with E-state index in [4.69, 9.17) is 9.59 Å². The molecular formula is C22H64NO4W4-. The van der Waals surface area contributed by atoms with Crippen molar-refractivity contribution in [1.29, 1.82) is 0 Å². The molecule has 0 saturated carbocycles. The molecule has 0 radical (unpaired) electrons. The Morgan fingerprint density at radius 1 is 0.645 bits per heavy atom. The van der Waals surface area contributed by atoms with Crippen molar-refractivity contribution < 1.29 is 103 Å². The number of Topliss-reactive ketones (excluding diaryl/α,β-unsaturated/α-hetero) is 1. The Morgan fingerprint density at radius 3 is 0.677 bits per heavy atom. The van der Waals surface area contributed by atoms with Crippen molar-refractivity contribution in [2.45, 2.75) is 87.6 Å². The first-order chi connectivity index (χ1) is 6.42. The molecular weight excluding hydrogens is 1080 g/mol.